The molecule has 0 radical (unpaired) electrons. The van der Waals surface area contributed by atoms with Gasteiger partial charge in [-0.05, 0) is 77.8 Å². The molecule has 0 saturated heterocycles. The van der Waals surface area contributed by atoms with Gasteiger partial charge in [0.25, 0.3) is 0 Å². The summed E-state index contributed by atoms with van der Waals surface area (Å²) in [6.45, 7) is 2.67. The molecule has 1 fully saturated rings. The molecule has 0 bridgehead atoms. The zero-order valence-electron chi connectivity index (χ0n) is 19.4. The van der Waals surface area contributed by atoms with E-state index in [9.17, 15) is 13.2 Å². The minimum atomic E-state index is -3.20. The topological polar surface area (TPSA) is 63.2 Å². The number of carbonyl (C=O) groups is 1. The molecule has 1 aliphatic carbocycles. The summed E-state index contributed by atoms with van der Waals surface area (Å²) >= 11 is 1.85. The van der Waals surface area contributed by atoms with Crippen molar-refractivity contribution in [3.63, 3.8) is 0 Å². The minimum Gasteiger partial charge on any atom is -0.294 e. The van der Waals surface area contributed by atoms with Gasteiger partial charge in [0, 0.05) is 23.2 Å². The van der Waals surface area contributed by atoms with E-state index in [4.69, 9.17) is 0 Å². The zero-order valence-corrected chi connectivity index (χ0v) is 21.1. The van der Waals surface area contributed by atoms with Crippen molar-refractivity contribution in [3.05, 3.63) is 70.6 Å². The molecule has 1 heterocycles. The van der Waals surface area contributed by atoms with Crippen LogP contribution in [0.25, 0.3) is 10.1 Å². The average Bonchev–Trinajstić information content (AvgIpc) is 3.43. The third kappa shape index (κ3) is 6.31. The molecule has 0 amide bonds. The fourth-order valence-electron chi connectivity index (χ4n) is 5.19. The van der Waals surface area contributed by atoms with Crippen LogP contribution in [0.5, 0.6) is 0 Å². The normalized spacial score (nSPS) is 19.7. The molecule has 2 aromatic carbocycles. The van der Waals surface area contributed by atoms with Crippen LogP contribution >= 0.6 is 11.3 Å². The van der Waals surface area contributed by atoms with Crippen molar-refractivity contribution in [2.75, 3.05) is 12.8 Å². The number of nitrogens with one attached hydrogen (secondary N) is 1. The van der Waals surface area contributed by atoms with E-state index < -0.39 is 10.0 Å². The number of benzene rings is 2. The summed E-state index contributed by atoms with van der Waals surface area (Å²) in [5.74, 6) is 1.96. The van der Waals surface area contributed by atoms with Crippen molar-refractivity contribution in [2.24, 2.45) is 5.92 Å². The number of fused-ring (bicyclic) bond motifs is 1. The maximum absolute atomic E-state index is 12.4. The molecule has 4 nitrogen and oxygen atoms in total. The molecular formula is C27H33NO3S2. The molecule has 6 heteroatoms. The van der Waals surface area contributed by atoms with Gasteiger partial charge in [0.1, 0.15) is 0 Å². The van der Waals surface area contributed by atoms with Crippen LogP contribution in [-0.2, 0) is 10.0 Å². The van der Waals surface area contributed by atoms with Crippen LogP contribution in [0.15, 0.2) is 53.9 Å². The lowest BCUT2D eigenvalue weighted by Gasteiger charge is -2.17. The van der Waals surface area contributed by atoms with Gasteiger partial charge in [-0.1, -0.05) is 49.4 Å². The number of sulfonamides is 1. The Morgan fingerprint density at radius 2 is 1.88 bits per heavy atom. The van der Waals surface area contributed by atoms with Gasteiger partial charge in [-0.15, -0.1) is 11.3 Å². The summed E-state index contributed by atoms with van der Waals surface area (Å²) in [5.41, 5.74) is 3.54. The zero-order chi connectivity index (χ0) is 23.4. The molecule has 33 heavy (non-hydrogen) atoms. The van der Waals surface area contributed by atoms with E-state index in [2.05, 4.69) is 53.4 Å². The first-order valence-corrected chi connectivity index (χ1v) is 14.6. The molecule has 0 spiro atoms. The minimum absolute atomic E-state index is 0.0676. The number of Topliss-reactive ketones (excluding diaryl/α,β-unsaturated/α-hetero) is 1. The maximum atomic E-state index is 12.4. The fourth-order valence-corrected chi connectivity index (χ4v) is 6.79. The smallest absolute Gasteiger partial charge is 0.208 e. The number of thiophene rings is 1. The van der Waals surface area contributed by atoms with Crippen molar-refractivity contribution in [3.8, 4) is 0 Å². The molecule has 1 aromatic heterocycles. The Hall–Kier alpha value is -2.02. The quantitative estimate of drug-likeness (QED) is 0.265. The van der Waals surface area contributed by atoms with Crippen LogP contribution in [0.2, 0.25) is 0 Å². The highest BCUT2D eigenvalue weighted by atomic mass is 32.2. The van der Waals surface area contributed by atoms with Crippen LogP contribution in [0, 0.1) is 5.92 Å². The van der Waals surface area contributed by atoms with Gasteiger partial charge in [0.15, 0.2) is 5.78 Å². The van der Waals surface area contributed by atoms with Crippen molar-refractivity contribution >= 4 is 37.2 Å². The highest BCUT2D eigenvalue weighted by Gasteiger charge is 2.28. The SMILES string of the molecule is C[C@@H](CC1CC[C@H](c2ccc(C(=O)CCCNS(C)(=O)=O)cc2)C1)c1csc2ccccc12. The van der Waals surface area contributed by atoms with Gasteiger partial charge in [-0.3, -0.25) is 4.79 Å². The van der Waals surface area contributed by atoms with E-state index in [-0.39, 0.29) is 5.78 Å². The Morgan fingerprint density at radius 3 is 2.64 bits per heavy atom. The molecule has 1 aliphatic rings. The third-order valence-corrected chi connectivity index (χ3v) is 8.63. The molecule has 3 aromatic rings. The Balaban J connectivity index is 1.28. The first kappa shape index (κ1) is 24.1. The standard InChI is InChI=1S/C27H33NO3S2/c1-19(25-18-32-27-8-4-3-6-24(25)27)16-20-9-10-23(17-20)21-11-13-22(14-12-21)26(29)7-5-15-28-33(2,30)31/h3-4,6,8,11-14,18-20,23,28H,5,7,9-10,15-17H2,1-2H3/t19-,20?,23-/m0/s1. The summed E-state index contributed by atoms with van der Waals surface area (Å²) < 4.78 is 26.0. The summed E-state index contributed by atoms with van der Waals surface area (Å²) in [4.78, 5) is 12.4. The maximum Gasteiger partial charge on any atom is 0.208 e. The molecule has 0 aliphatic heterocycles. The monoisotopic (exact) mass is 483 g/mol. The van der Waals surface area contributed by atoms with E-state index in [1.54, 1.807) is 0 Å². The first-order chi connectivity index (χ1) is 15.8. The van der Waals surface area contributed by atoms with Gasteiger partial charge in [0.05, 0.1) is 6.26 Å². The molecule has 1 saturated carbocycles. The molecular weight excluding hydrogens is 450 g/mol. The summed E-state index contributed by atoms with van der Waals surface area (Å²) in [6, 6.07) is 16.8. The highest BCUT2D eigenvalue weighted by molar-refractivity contribution is 7.88. The van der Waals surface area contributed by atoms with Crippen LogP contribution < -0.4 is 4.72 Å². The summed E-state index contributed by atoms with van der Waals surface area (Å²) in [7, 11) is -3.20. The molecule has 1 unspecified atom stereocenters. The van der Waals surface area contributed by atoms with E-state index in [0.29, 0.717) is 36.8 Å². The van der Waals surface area contributed by atoms with Gasteiger partial charge < -0.3 is 0 Å². The number of hydrogen-bond donors (Lipinski definition) is 1. The Labute approximate surface area is 201 Å². The third-order valence-electron chi connectivity index (χ3n) is 6.92. The molecule has 4 rings (SSSR count). The lowest BCUT2D eigenvalue weighted by atomic mass is 9.87. The lowest BCUT2D eigenvalue weighted by molar-refractivity contribution is 0.0980. The second-order valence-corrected chi connectivity index (χ2v) is 12.3. The van der Waals surface area contributed by atoms with E-state index >= 15 is 0 Å². The molecule has 3 atom stereocenters. The molecule has 176 valence electrons. The summed E-state index contributed by atoms with van der Waals surface area (Å²) in [5, 5.41) is 3.76. The number of rotatable bonds is 10. The van der Waals surface area contributed by atoms with Crippen molar-refractivity contribution in [1.29, 1.82) is 0 Å². The largest absolute Gasteiger partial charge is 0.294 e. The Bertz CT molecular complexity index is 1200. The van der Waals surface area contributed by atoms with Gasteiger partial charge in [0.2, 0.25) is 10.0 Å². The van der Waals surface area contributed by atoms with E-state index in [1.807, 2.05) is 23.5 Å². The van der Waals surface area contributed by atoms with E-state index in [1.165, 1.54) is 46.9 Å². The molecule has 1 N–H and O–H groups in total. The van der Waals surface area contributed by atoms with Crippen molar-refractivity contribution in [2.45, 2.75) is 57.3 Å². The highest BCUT2D eigenvalue weighted by Crippen LogP contribution is 2.43. The predicted molar refractivity (Wildman–Crippen MR) is 138 cm³/mol. The lowest BCUT2D eigenvalue weighted by Crippen LogP contribution is -2.23. The number of carbonyl (C=O) groups excluding carboxylic acids is 1. The predicted octanol–water partition coefficient (Wildman–Crippen LogP) is 6.49. The van der Waals surface area contributed by atoms with Crippen molar-refractivity contribution < 1.29 is 13.2 Å². The Morgan fingerprint density at radius 1 is 1.12 bits per heavy atom. The Kier molecular flexibility index (Phi) is 7.67. The first-order valence-electron chi connectivity index (χ1n) is 11.8. The summed E-state index contributed by atoms with van der Waals surface area (Å²) in [6.07, 6.45) is 6.92. The van der Waals surface area contributed by atoms with Gasteiger partial charge in [-0.2, -0.15) is 0 Å². The van der Waals surface area contributed by atoms with Crippen LogP contribution in [0.1, 0.15) is 78.8 Å². The number of ketones is 1. The van der Waals surface area contributed by atoms with Gasteiger partial charge >= 0.3 is 0 Å². The van der Waals surface area contributed by atoms with Crippen LogP contribution in [-0.4, -0.2) is 27.0 Å². The average molecular weight is 484 g/mol. The number of hydrogen-bond acceptors (Lipinski definition) is 4. The van der Waals surface area contributed by atoms with E-state index in [0.717, 1.165) is 12.2 Å². The van der Waals surface area contributed by atoms with Crippen LogP contribution in [0.3, 0.4) is 0 Å². The van der Waals surface area contributed by atoms with Crippen LogP contribution in [0.4, 0.5) is 0 Å². The second-order valence-electron chi connectivity index (χ2n) is 9.52. The fraction of sp³-hybridized carbons (Fsp3) is 0.444. The van der Waals surface area contributed by atoms with Crippen molar-refractivity contribution in [1.82, 2.24) is 4.72 Å². The second kappa shape index (κ2) is 10.5. The van der Waals surface area contributed by atoms with Gasteiger partial charge in [-0.25, -0.2) is 13.1 Å².